The average molecular weight is 406 g/mol. The minimum absolute atomic E-state index is 0.0559. The van der Waals surface area contributed by atoms with Gasteiger partial charge in [-0.1, -0.05) is 0 Å². The maximum absolute atomic E-state index is 13.1. The third kappa shape index (κ3) is 4.60. The van der Waals surface area contributed by atoms with Gasteiger partial charge in [0.25, 0.3) is 15.9 Å². The molecule has 1 heterocycles. The van der Waals surface area contributed by atoms with Gasteiger partial charge in [0.1, 0.15) is 5.82 Å². The second-order valence-corrected chi connectivity index (χ2v) is 8.07. The molecule has 0 aromatic heterocycles. The van der Waals surface area contributed by atoms with Crippen molar-refractivity contribution in [2.45, 2.75) is 11.8 Å². The second kappa shape index (κ2) is 8.57. The number of nitrogens with zero attached hydrogens (tertiary/aromatic N) is 1. The number of rotatable bonds is 6. The van der Waals surface area contributed by atoms with Crippen LogP contribution in [0.2, 0.25) is 0 Å². The zero-order valence-corrected chi connectivity index (χ0v) is 16.4. The molecule has 150 valence electrons. The Bertz CT molecular complexity index is 942. The molecular formula is C19H23FN4O3S. The van der Waals surface area contributed by atoms with Crippen molar-refractivity contribution in [1.82, 2.24) is 10.6 Å². The van der Waals surface area contributed by atoms with Crippen LogP contribution < -0.4 is 20.3 Å². The molecule has 0 spiro atoms. The summed E-state index contributed by atoms with van der Waals surface area (Å²) in [5.74, 6) is -0.781. The number of anilines is 2. The maximum atomic E-state index is 13.1. The molecule has 0 atom stereocenters. The van der Waals surface area contributed by atoms with Crippen molar-refractivity contribution in [2.24, 2.45) is 0 Å². The van der Waals surface area contributed by atoms with Gasteiger partial charge in [-0.3, -0.25) is 9.52 Å². The largest absolute Gasteiger partial charge is 0.368 e. The van der Waals surface area contributed by atoms with Crippen molar-refractivity contribution in [3.05, 3.63) is 53.8 Å². The molecule has 1 aliphatic heterocycles. The van der Waals surface area contributed by atoms with E-state index >= 15 is 0 Å². The van der Waals surface area contributed by atoms with Crippen molar-refractivity contribution in [3.8, 4) is 0 Å². The number of halogens is 1. The topological polar surface area (TPSA) is 90.5 Å². The van der Waals surface area contributed by atoms with Crippen LogP contribution in [0.3, 0.4) is 0 Å². The highest BCUT2D eigenvalue weighted by Gasteiger charge is 2.21. The summed E-state index contributed by atoms with van der Waals surface area (Å²) in [4.78, 5) is 14.6. The van der Waals surface area contributed by atoms with Crippen LogP contribution in [0.25, 0.3) is 0 Å². The molecule has 0 unspecified atom stereocenters. The van der Waals surface area contributed by atoms with Gasteiger partial charge in [-0.25, -0.2) is 12.8 Å². The van der Waals surface area contributed by atoms with E-state index in [2.05, 4.69) is 20.3 Å². The van der Waals surface area contributed by atoms with Gasteiger partial charge >= 0.3 is 0 Å². The van der Waals surface area contributed by atoms with Crippen LogP contribution >= 0.6 is 0 Å². The van der Waals surface area contributed by atoms with Gasteiger partial charge in [-0.15, -0.1) is 0 Å². The molecule has 1 saturated heterocycles. The number of carbonyl (C=O) groups excluding carboxylic acids is 1. The fourth-order valence-electron chi connectivity index (χ4n) is 3.05. The van der Waals surface area contributed by atoms with Gasteiger partial charge < -0.3 is 15.5 Å². The van der Waals surface area contributed by atoms with Crippen LogP contribution in [0, 0.1) is 5.82 Å². The van der Waals surface area contributed by atoms with E-state index in [0.29, 0.717) is 12.1 Å². The van der Waals surface area contributed by atoms with Crippen LogP contribution in [0.1, 0.15) is 17.3 Å². The minimum Gasteiger partial charge on any atom is -0.368 e. The number of hydrogen-bond acceptors (Lipinski definition) is 5. The summed E-state index contributed by atoms with van der Waals surface area (Å²) in [7, 11) is -3.89. The molecule has 7 nitrogen and oxygen atoms in total. The van der Waals surface area contributed by atoms with E-state index in [0.717, 1.165) is 44.0 Å². The van der Waals surface area contributed by atoms with Gasteiger partial charge in [0.05, 0.1) is 10.5 Å². The monoisotopic (exact) mass is 406 g/mol. The van der Waals surface area contributed by atoms with E-state index in [1.54, 1.807) is 12.1 Å². The van der Waals surface area contributed by atoms with Gasteiger partial charge in [0, 0.05) is 44.1 Å². The Kier molecular flexibility index (Phi) is 6.15. The number of piperazine rings is 1. The normalized spacial score (nSPS) is 14.6. The fourth-order valence-corrected chi connectivity index (χ4v) is 4.10. The molecule has 1 aliphatic rings. The lowest BCUT2D eigenvalue weighted by Gasteiger charge is -2.31. The van der Waals surface area contributed by atoms with Crippen molar-refractivity contribution >= 4 is 27.3 Å². The average Bonchev–Trinajstić information content (AvgIpc) is 2.69. The maximum Gasteiger partial charge on any atom is 0.261 e. The number of benzene rings is 2. The first kappa shape index (κ1) is 20.1. The van der Waals surface area contributed by atoms with E-state index in [1.807, 2.05) is 6.92 Å². The van der Waals surface area contributed by atoms with Gasteiger partial charge in [0.15, 0.2) is 0 Å². The molecule has 0 radical (unpaired) electrons. The Labute approximate surface area is 164 Å². The first-order valence-corrected chi connectivity index (χ1v) is 10.6. The number of hydrogen-bond donors (Lipinski definition) is 3. The summed E-state index contributed by atoms with van der Waals surface area (Å²) in [5, 5.41) is 6.03. The molecule has 1 amide bonds. The predicted molar refractivity (Wildman–Crippen MR) is 107 cm³/mol. The molecule has 3 rings (SSSR count). The molecule has 1 fully saturated rings. The molecule has 28 heavy (non-hydrogen) atoms. The quantitative estimate of drug-likeness (QED) is 0.680. The summed E-state index contributed by atoms with van der Waals surface area (Å²) in [6, 6.07) is 9.46. The van der Waals surface area contributed by atoms with Crippen molar-refractivity contribution in [2.75, 3.05) is 42.3 Å². The van der Waals surface area contributed by atoms with E-state index in [9.17, 15) is 17.6 Å². The van der Waals surface area contributed by atoms with E-state index in [4.69, 9.17) is 0 Å². The number of amides is 1. The van der Waals surface area contributed by atoms with Gasteiger partial charge in [-0.05, 0) is 49.4 Å². The summed E-state index contributed by atoms with van der Waals surface area (Å²) < 4.78 is 40.6. The molecule has 9 heteroatoms. The second-order valence-electron chi connectivity index (χ2n) is 6.39. The van der Waals surface area contributed by atoms with Crippen molar-refractivity contribution in [1.29, 1.82) is 0 Å². The molecule has 2 aromatic rings. The highest BCUT2D eigenvalue weighted by Crippen LogP contribution is 2.26. The number of nitrogens with one attached hydrogen (secondary N) is 3. The van der Waals surface area contributed by atoms with Crippen LogP contribution in [0.15, 0.2) is 47.4 Å². The Morgan fingerprint density at radius 3 is 2.46 bits per heavy atom. The first-order chi connectivity index (χ1) is 13.4. The number of sulfonamides is 1. The Hall–Kier alpha value is -2.65. The van der Waals surface area contributed by atoms with Crippen molar-refractivity contribution in [3.63, 3.8) is 0 Å². The summed E-state index contributed by atoms with van der Waals surface area (Å²) in [6.45, 7) is 5.43. The highest BCUT2D eigenvalue weighted by molar-refractivity contribution is 7.92. The van der Waals surface area contributed by atoms with Crippen LogP contribution in [-0.2, 0) is 10.0 Å². The van der Waals surface area contributed by atoms with Crippen LogP contribution in [0.5, 0.6) is 0 Å². The molecule has 0 bridgehead atoms. The zero-order chi connectivity index (χ0) is 20.1. The highest BCUT2D eigenvalue weighted by atomic mass is 32.2. The lowest BCUT2D eigenvalue weighted by Crippen LogP contribution is -2.44. The minimum atomic E-state index is -3.89. The Morgan fingerprint density at radius 2 is 1.82 bits per heavy atom. The Morgan fingerprint density at radius 1 is 1.14 bits per heavy atom. The van der Waals surface area contributed by atoms with Gasteiger partial charge in [-0.2, -0.15) is 0 Å². The molecule has 2 aromatic carbocycles. The SMILES string of the molecule is CCNC(=O)c1cc(NS(=O)(=O)c2ccc(F)cc2)ccc1N1CCNCC1. The predicted octanol–water partition coefficient (Wildman–Crippen LogP) is 1.79. The van der Waals surface area contributed by atoms with E-state index in [-0.39, 0.29) is 16.5 Å². The van der Waals surface area contributed by atoms with Gasteiger partial charge in [0.2, 0.25) is 0 Å². The summed E-state index contributed by atoms with van der Waals surface area (Å²) >= 11 is 0. The van der Waals surface area contributed by atoms with Crippen molar-refractivity contribution < 1.29 is 17.6 Å². The number of carbonyl (C=O) groups is 1. The van der Waals surface area contributed by atoms with Crippen LogP contribution in [-0.4, -0.2) is 47.0 Å². The third-order valence-corrected chi connectivity index (χ3v) is 5.81. The summed E-state index contributed by atoms with van der Waals surface area (Å²) in [6.07, 6.45) is 0. The smallest absolute Gasteiger partial charge is 0.261 e. The molecule has 3 N–H and O–H groups in total. The standard InChI is InChI=1S/C19H23FN4O3S/c1-2-22-19(25)17-13-15(5-8-18(17)24-11-9-21-10-12-24)23-28(26,27)16-6-3-14(20)4-7-16/h3-8,13,21,23H,2,9-12H2,1H3,(H,22,25). The lowest BCUT2D eigenvalue weighted by atomic mass is 10.1. The molecule has 0 saturated carbocycles. The summed E-state index contributed by atoms with van der Waals surface area (Å²) in [5.41, 5.74) is 1.43. The first-order valence-electron chi connectivity index (χ1n) is 9.07. The Balaban J connectivity index is 1.92. The third-order valence-electron chi connectivity index (χ3n) is 4.41. The van der Waals surface area contributed by atoms with E-state index in [1.165, 1.54) is 18.2 Å². The molecule has 0 aliphatic carbocycles. The van der Waals surface area contributed by atoms with Crippen LogP contribution in [0.4, 0.5) is 15.8 Å². The lowest BCUT2D eigenvalue weighted by molar-refractivity contribution is 0.0956. The fraction of sp³-hybridized carbons (Fsp3) is 0.316. The van der Waals surface area contributed by atoms with E-state index < -0.39 is 15.8 Å². The molecular weight excluding hydrogens is 383 g/mol. The zero-order valence-electron chi connectivity index (χ0n) is 15.5.